The van der Waals surface area contributed by atoms with Crippen LogP contribution in [0.1, 0.15) is 39.0 Å². The van der Waals surface area contributed by atoms with Crippen LogP contribution in [0.15, 0.2) is 11.6 Å². The van der Waals surface area contributed by atoms with Gasteiger partial charge in [-0.15, -0.1) is 0 Å². The fourth-order valence-electron chi connectivity index (χ4n) is 1.93. The molecule has 0 saturated heterocycles. The molecule has 70 valence electrons. The summed E-state index contributed by atoms with van der Waals surface area (Å²) in [7, 11) is 1.78. The lowest BCUT2D eigenvalue weighted by atomic mass is 9.87. The van der Waals surface area contributed by atoms with E-state index in [1.807, 2.05) is 0 Å². The maximum Gasteiger partial charge on any atom is 0.0672 e. The summed E-state index contributed by atoms with van der Waals surface area (Å²) in [5.41, 5.74) is 1.50. The summed E-state index contributed by atoms with van der Waals surface area (Å²) < 4.78 is 5.11. The van der Waals surface area contributed by atoms with Crippen molar-refractivity contribution in [1.82, 2.24) is 0 Å². The van der Waals surface area contributed by atoms with E-state index in [1.54, 1.807) is 7.11 Å². The van der Waals surface area contributed by atoms with E-state index < -0.39 is 0 Å². The Labute approximate surface area is 75.8 Å². The first-order chi connectivity index (χ1) is 5.86. The molecule has 1 aliphatic carbocycles. The molecule has 0 saturated carbocycles. The van der Waals surface area contributed by atoms with Crippen molar-refractivity contribution in [3.63, 3.8) is 0 Å². The van der Waals surface area contributed by atoms with Gasteiger partial charge in [0.2, 0.25) is 0 Å². The largest absolute Gasteiger partial charge is 0.380 e. The van der Waals surface area contributed by atoms with Crippen LogP contribution in [0, 0.1) is 5.92 Å². The molecule has 0 aromatic carbocycles. The van der Waals surface area contributed by atoms with Gasteiger partial charge in [-0.2, -0.15) is 0 Å². The highest BCUT2D eigenvalue weighted by Crippen LogP contribution is 2.26. The molecule has 0 heterocycles. The Hall–Kier alpha value is -0.300. The average Bonchev–Trinajstić information content (AvgIpc) is 2.09. The van der Waals surface area contributed by atoms with E-state index in [0.29, 0.717) is 0 Å². The predicted octanol–water partition coefficient (Wildman–Crippen LogP) is 3.16. The van der Waals surface area contributed by atoms with Gasteiger partial charge in [-0.3, -0.25) is 0 Å². The number of rotatable bonds is 4. The SMILES string of the molecule is CCCC1CC=C(COC)CC1. The summed E-state index contributed by atoms with van der Waals surface area (Å²) >= 11 is 0. The van der Waals surface area contributed by atoms with Gasteiger partial charge in [-0.05, 0) is 30.8 Å². The van der Waals surface area contributed by atoms with Crippen molar-refractivity contribution in [2.24, 2.45) is 5.92 Å². The third kappa shape index (κ3) is 2.98. The third-order valence-corrected chi connectivity index (χ3v) is 2.64. The zero-order valence-corrected chi connectivity index (χ0v) is 8.31. The smallest absolute Gasteiger partial charge is 0.0672 e. The van der Waals surface area contributed by atoms with Crippen molar-refractivity contribution in [3.8, 4) is 0 Å². The molecule has 0 amide bonds. The summed E-state index contributed by atoms with van der Waals surface area (Å²) in [6.07, 6.45) is 9.04. The van der Waals surface area contributed by atoms with Crippen LogP contribution in [0.2, 0.25) is 0 Å². The summed E-state index contributed by atoms with van der Waals surface area (Å²) in [5.74, 6) is 0.954. The van der Waals surface area contributed by atoms with Gasteiger partial charge in [-0.25, -0.2) is 0 Å². The molecule has 1 unspecified atom stereocenters. The maximum atomic E-state index is 5.11. The lowest BCUT2D eigenvalue weighted by Crippen LogP contribution is -2.07. The fraction of sp³-hybridized carbons (Fsp3) is 0.818. The van der Waals surface area contributed by atoms with E-state index in [1.165, 1.54) is 37.7 Å². The van der Waals surface area contributed by atoms with Crippen LogP contribution in [-0.2, 0) is 4.74 Å². The van der Waals surface area contributed by atoms with Crippen molar-refractivity contribution >= 4 is 0 Å². The van der Waals surface area contributed by atoms with Gasteiger partial charge < -0.3 is 4.74 Å². The molecule has 0 fully saturated rings. The number of ether oxygens (including phenoxy) is 1. The monoisotopic (exact) mass is 168 g/mol. The van der Waals surface area contributed by atoms with Crippen LogP contribution in [-0.4, -0.2) is 13.7 Å². The van der Waals surface area contributed by atoms with Crippen LogP contribution in [0.4, 0.5) is 0 Å². The minimum atomic E-state index is 0.846. The zero-order chi connectivity index (χ0) is 8.81. The van der Waals surface area contributed by atoms with E-state index >= 15 is 0 Å². The molecule has 0 spiro atoms. The van der Waals surface area contributed by atoms with Crippen LogP contribution in [0.3, 0.4) is 0 Å². The van der Waals surface area contributed by atoms with E-state index in [9.17, 15) is 0 Å². The fourth-order valence-corrected chi connectivity index (χ4v) is 1.93. The Kier molecular flexibility index (Phi) is 4.37. The highest BCUT2D eigenvalue weighted by molar-refractivity contribution is 5.06. The number of allylic oxidation sites excluding steroid dienone is 1. The van der Waals surface area contributed by atoms with Gasteiger partial charge >= 0.3 is 0 Å². The predicted molar refractivity (Wildman–Crippen MR) is 52.2 cm³/mol. The first-order valence-electron chi connectivity index (χ1n) is 5.03. The minimum Gasteiger partial charge on any atom is -0.380 e. The first kappa shape index (κ1) is 9.79. The second-order valence-corrected chi connectivity index (χ2v) is 3.72. The Bertz CT molecular complexity index is 149. The zero-order valence-electron chi connectivity index (χ0n) is 8.31. The lowest BCUT2D eigenvalue weighted by molar-refractivity contribution is 0.218. The molecule has 12 heavy (non-hydrogen) atoms. The van der Waals surface area contributed by atoms with Gasteiger partial charge in [-0.1, -0.05) is 25.8 Å². The molecule has 1 aliphatic rings. The second-order valence-electron chi connectivity index (χ2n) is 3.72. The molecule has 1 nitrogen and oxygen atoms in total. The van der Waals surface area contributed by atoms with E-state index in [4.69, 9.17) is 4.74 Å². The van der Waals surface area contributed by atoms with Crippen molar-refractivity contribution in [2.45, 2.75) is 39.0 Å². The molecular weight excluding hydrogens is 148 g/mol. The summed E-state index contributed by atoms with van der Waals surface area (Å²) in [6.45, 7) is 3.12. The Morgan fingerprint density at radius 3 is 2.92 bits per heavy atom. The minimum absolute atomic E-state index is 0.846. The lowest BCUT2D eigenvalue weighted by Gasteiger charge is -2.20. The second kappa shape index (κ2) is 5.36. The van der Waals surface area contributed by atoms with Crippen LogP contribution >= 0.6 is 0 Å². The number of hydrogen-bond acceptors (Lipinski definition) is 1. The Balaban J connectivity index is 2.26. The van der Waals surface area contributed by atoms with Crippen LogP contribution < -0.4 is 0 Å². The van der Waals surface area contributed by atoms with Crippen molar-refractivity contribution < 1.29 is 4.74 Å². The molecule has 1 heteroatoms. The summed E-state index contributed by atoms with van der Waals surface area (Å²) in [6, 6.07) is 0. The summed E-state index contributed by atoms with van der Waals surface area (Å²) in [5, 5.41) is 0. The van der Waals surface area contributed by atoms with Crippen molar-refractivity contribution in [3.05, 3.63) is 11.6 Å². The normalized spacial score (nSPS) is 23.8. The Morgan fingerprint density at radius 1 is 1.58 bits per heavy atom. The van der Waals surface area contributed by atoms with Gasteiger partial charge in [0.25, 0.3) is 0 Å². The van der Waals surface area contributed by atoms with Gasteiger partial charge in [0.15, 0.2) is 0 Å². The van der Waals surface area contributed by atoms with Crippen LogP contribution in [0.5, 0.6) is 0 Å². The van der Waals surface area contributed by atoms with E-state index in [-0.39, 0.29) is 0 Å². The van der Waals surface area contributed by atoms with E-state index in [0.717, 1.165) is 12.5 Å². The van der Waals surface area contributed by atoms with Gasteiger partial charge in [0, 0.05) is 7.11 Å². The molecule has 0 aromatic heterocycles. The van der Waals surface area contributed by atoms with Gasteiger partial charge in [0.1, 0.15) is 0 Å². The number of methoxy groups -OCH3 is 1. The maximum absolute atomic E-state index is 5.11. The molecule has 1 rings (SSSR count). The van der Waals surface area contributed by atoms with Crippen LogP contribution in [0.25, 0.3) is 0 Å². The Morgan fingerprint density at radius 2 is 2.42 bits per heavy atom. The quantitative estimate of drug-likeness (QED) is 0.586. The highest BCUT2D eigenvalue weighted by Gasteiger charge is 2.12. The van der Waals surface area contributed by atoms with Crippen molar-refractivity contribution in [2.75, 3.05) is 13.7 Å². The summed E-state index contributed by atoms with van der Waals surface area (Å²) in [4.78, 5) is 0. The standard InChI is InChI=1S/C11H20O/c1-3-4-10-5-7-11(8-6-10)9-12-2/h7,10H,3-6,8-9H2,1-2H3. The molecular formula is C11H20O. The van der Waals surface area contributed by atoms with Crippen molar-refractivity contribution in [1.29, 1.82) is 0 Å². The average molecular weight is 168 g/mol. The molecule has 0 aliphatic heterocycles. The highest BCUT2D eigenvalue weighted by atomic mass is 16.5. The molecule has 0 aromatic rings. The number of hydrogen-bond donors (Lipinski definition) is 0. The molecule has 0 N–H and O–H groups in total. The first-order valence-corrected chi connectivity index (χ1v) is 5.03. The van der Waals surface area contributed by atoms with E-state index in [2.05, 4.69) is 13.0 Å². The molecule has 0 bridgehead atoms. The topological polar surface area (TPSA) is 9.23 Å². The van der Waals surface area contributed by atoms with Gasteiger partial charge in [0.05, 0.1) is 6.61 Å². The third-order valence-electron chi connectivity index (χ3n) is 2.64. The molecule has 0 radical (unpaired) electrons. The molecule has 1 atom stereocenters.